The van der Waals surface area contributed by atoms with Gasteiger partial charge < -0.3 is 10.4 Å². The van der Waals surface area contributed by atoms with Crippen molar-refractivity contribution >= 4 is 23.5 Å². The zero-order valence-electron chi connectivity index (χ0n) is 9.58. The van der Waals surface area contributed by atoms with Gasteiger partial charge in [0.2, 0.25) is 0 Å². The lowest BCUT2D eigenvalue weighted by Gasteiger charge is -2.12. The van der Waals surface area contributed by atoms with Crippen molar-refractivity contribution < 1.29 is 27.9 Å². The molecule has 0 aliphatic carbocycles. The summed E-state index contributed by atoms with van der Waals surface area (Å²) in [5.74, 6) is -2.24. The first-order valence-electron chi connectivity index (χ1n) is 5.02. The van der Waals surface area contributed by atoms with Gasteiger partial charge in [-0.1, -0.05) is 11.6 Å². The number of halogens is 4. The molecule has 0 radical (unpaired) electrons. The Kier molecular flexibility index (Phi) is 4.41. The molecule has 19 heavy (non-hydrogen) atoms. The van der Waals surface area contributed by atoms with Crippen LogP contribution < -0.4 is 5.32 Å². The molecular weight excluding hydrogens is 287 g/mol. The number of aliphatic carboxylic acids is 1. The van der Waals surface area contributed by atoms with Crippen LogP contribution in [0.25, 0.3) is 0 Å². The van der Waals surface area contributed by atoms with Crippen LogP contribution in [0.5, 0.6) is 0 Å². The maximum absolute atomic E-state index is 12.5. The number of carbonyl (C=O) groups is 2. The van der Waals surface area contributed by atoms with Gasteiger partial charge in [0, 0.05) is 10.6 Å². The van der Waals surface area contributed by atoms with E-state index in [1.54, 1.807) is 0 Å². The Hall–Kier alpha value is -1.76. The van der Waals surface area contributed by atoms with E-state index in [1.165, 1.54) is 6.92 Å². The molecular formula is C11H9ClF3NO3. The van der Waals surface area contributed by atoms with Crippen molar-refractivity contribution in [1.82, 2.24) is 5.32 Å². The molecule has 4 nitrogen and oxygen atoms in total. The molecule has 104 valence electrons. The topological polar surface area (TPSA) is 66.4 Å². The minimum absolute atomic E-state index is 0.261. The van der Waals surface area contributed by atoms with E-state index in [9.17, 15) is 22.8 Å². The quantitative estimate of drug-likeness (QED) is 0.900. The molecule has 1 aromatic carbocycles. The van der Waals surface area contributed by atoms with E-state index in [-0.39, 0.29) is 10.6 Å². The number of hydrogen-bond acceptors (Lipinski definition) is 2. The van der Waals surface area contributed by atoms with Crippen LogP contribution in [-0.2, 0) is 11.0 Å². The van der Waals surface area contributed by atoms with E-state index in [1.807, 2.05) is 5.32 Å². The van der Waals surface area contributed by atoms with Crippen molar-refractivity contribution in [2.75, 3.05) is 0 Å². The predicted molar refractivity (Wildman–Crippen MR) is 61.0 cm³/mol. The van der Waals surface area contributed by atoms with Gasteiger partial charge in [-0.25, -0.2) is 0 Å². The highest BCUT2D eigenvalue weighted by molar-refractivity contribution is 6.31. The number of carboxylic acids is 1. The second-order valence-corrected chi connectivity index (χ2v) is 4.20. The van der Waals surface area contributed by atoms with Crippen LogP contribution in [-0.4, -0.2) is 23.0 Å². The summed E-state index contributed by atoms with van der Waals surface area (Å²) in [6.45, 7) is 1.19. The van der Waals surface area contributed by atoms with Crippen molar-refractivity contribution in [2.45, 2.75) is 19.1 Å². The molecule has 1 unspecified atom stereocenters. The van der Waals surface area contributed by atoms with Gasteiger partial charge in [0.05, 0.1) is 5.56 Å². The van der Waals surface area contributed by atoms with Gasteiger partial charge in [0.1, 0.15) is 6.04 Å². The summed E-state index contributed by atoms with van der Waals surface area (Å²) in [5, 5.41) is 10.4. The molecule has 0 spiro atoms. The van der Waals surface area contributed by atoms with Crippen LogP contribution in [0, 0.1) is 0 Å². The number of rotatable bonds is 3. The van der Waals surface area contributed by atoms with E-state index < -0.39 is 29.7 Å². The van der Waals surface area contributed by atoms with Crippen molar-refractivity contribution in [2.24, 2.45) is 0 Å². The van der Waals surface area contributed by atoms with Crippen molar-refractivity contribution in [3.63, 3.8) is 0 Å². The van der Waals surface area contributed by atoms with Gasteiger partial charge in [-0.05, 0) is 25.1 Å². The number of amides is 1. The van der Waals surface area contributed by atoms with E-state index in [2.05, 4.69) is 0 Å². The van der Waals surface area contributed by atoms with Gasteiger partial charge >= 0.3 is 12.1 Å². The Labute approximate surface area is 111 Å². The zero-order valence-corrected chi connectivity index (χ0v) is 10.3. The summed E-state index contributed by atoms with van der Waals surface area (Å²) >= 11 is 5.50. The van der Waals surface area contributed by atoms with Crippen LogP contribution in [0.2, 0.25) is 5.02 Å². The van der Waals surface area contributed by atoms with Gasteiger partial charge in [0.25, 0.3) is 5.91 Å². The number of hydrogen-bond donors (Lipinski definition) is 2. The molecule has 1 amide bonds. The standard InChI is InChI=1S/C11H9ClF3NO3/c1-5(10(18)19)16-9(17)6-2-7(11(13,14)15)4-8(12)3-6/h2-5H,1H3,(H,16,17)(H,18,19). The van der Waals surface area contributed by atoms with Gasteiger partial charge in [-0.2, -0.15) is 13.2 Å². The van der Waals surface area contributed by atoms with E-state index in [4.69, 9.17) is 16.7 Å². The summed E-state index contributed by atoms with van der Waals surface area (Å²) < 4.78 is 37.6. The van der Waals surface area contributed by atoms with Crippen molar-refractivity contribution in [1.29, 1.82) is 0 Å². The van der Waals surface area contributed by atoms with Crippen molar-refractivity contribution in [3.05, 3.63) is 34.3 Å². The highest BCUT2D eigenvalue weighted by Gasteiger charge is 2.31. The molecule has 1 aromatic rings. The fourth-order valence-electron chi connectivity index (χ4n) is 1.23. The lowest BCUT2D eigenvalue weighted by molar-refractivity contribution is -0.139. The fraction of sp³-hybridized carbons (Fsp3) is 0.273. The fourth-order valence-corrected chi connectivity index (χ4v) is 1.46. The van der Waals surface area contributed by atoms with E-state index in [0.29, 0.717) is 12.1 Å². The monoisotopic (exact) mass is 295 g/mol. The number of alkyl halides is 3. The molecule has 0 bridgehead atoms. The number of benzene rings is 1. The minimum atomic E-state index is -4.64. The molecule has 0 aromatic heterocycles. The normalized spacial score (nSPS) is 12.9. The summed E-state index contributed by atoms with van der Waals surface area (Å²) in [7, 11) is 0. The minimum Gasteiger partial charge on any atom is -0.480 e. The smallest absolute Gasteiger partial charge is 0.416 e. The lowest BCUT2D eigenvalue weighted by atomic mass is 10.1. The Bertz CT molecular complexity index is 516. The second kappa shape index (κ2) is 5.48. The van der Waals surface area contributed by atoms with Crippen LogP contribution in [0.4, 0.5) is 13.2 Å². The third-order valence-electron chi connectivity index (χ3n) is 2.21. The first-order valence-corrected chi connectivity index (χ1v) is 5.40. The average Bonchev–Trinajstić information content (AvgIpc) is 2.26. The largest absolute Gasteiger partial charge is 0.480 e. The number of nitrogens with one attached hydrogen (secondary N) is 1. The van der Waals surface area contributed by atoms with Crippen LogP contribution in [0.15, 0.2) is 18.2 Å². The molecule has 0 aliphatic rings. The maximum Gasteiger partial charge on any atom is 0.416 e. The molecule has 1 rings (SSSR count). The first kappa shape index (κ1) is 15.3. The van der Waals surface area contributed by atoms with Crippen LogP contribution in [0.1, 0.15) is 22.8 Å². The molecule has 0 aliphatic heterocycles. The Morgan fingerprint density at radius 1 is 1.32 bits per heavy atom. The molecule has 0 saturated carbocycles. The predicted octanol–water partition coefficient (Wildman–Crippen LogP) is 2.56. The lowest BCUT2D eigenvalue weighted by Crippen LogP contribution is -2.38. The summed E-state index contributed by atoms with van der Waals surface area (Å²) in [6.07, 6.45) is -4.64. The van der Waals surface area contributed by atoms with Gasteiger partial charge in [0.15, 0.2) is 0 Å². The van der Waals surface area contributed by atoms with Gasteiger partial charge in [-0.3, -0.25) is 9.59 Å². The molecule has 1 atom stereocenters. The third kappa shape index (κ3) is 4.13. The molecule has 2 N–H and O–H groups in total. The Balaban J connectivity index is 3.04. The van der Waals surface area contributed by atoms with E-state index >= 15 is 0 Å². The summed E-state index contributed by atoms with van der Waals surface area (Å²) in [4.78, 5) is 22.1. The average molecular weight is 296 g/mol. The summed E-state index contributed by atoms with van der Waals surface area (Å²) in [6, 6.07) is 1.09. The highest BCUT2D eigenvalue weighted by atomic mass is 35.5. The molecule has 0 fully saturated rings. The first-order chi connectivity index (χ1) is 8.61. The van der Waals surface area contributed by atoms with Crippen LogP contribution >= 0.6 is 11.6 Å². The number of carboxylic acid groups (broad SMARTS) is 1. The molecule has 0 saturated heterocycles. The second-order valence-electron chi connectivity index (χ2n) is 3.76. The van der Waals surface area contributed by atoms with Crippen molar-refractivity contribution in [3.8, 4) is 0 Å². The van der Waals surface area contributed by atoms with E-state index in [0.717, 1.165) is 6.07 Å². The zero-order chi connectivity index (χ0) is 14.8. The Morgan fingerprint density at radius 3 is 2.37 bits per heavy atom. The molecule has 0 heterocycles. The molecule has 8 heteroatoms. The van der Waals surface area contributed by atoms with Crippen LogP contribution in [0.3, 0.4) is 0 Å². The SMILES string of the molecule is CC(NC(=O)c1cc(Cl)cc(C(F)(F)F)c1)C(=O)O. The Morgan fingerprint density at radius 2 is 1.89 bits per heavy atom. The number of carbonyl (C=O) groups excluding carboxylic acids is 1. The maximum atomic E-state index is 12.5. The van der Waals surface area contributed by atoms with Gasteiger partial charge in [-0.15, -0.1) is 0 Å². The summed E-state index contributed by atoms with van der Waals surface area (Å²) in [5.41, 5.74) is -1.43. The third-order valence-corrected chi connectivity index (χ3v) is 2.42. The highest BCUT2D eigenvalue weighted by Crippen LogP contribution is 2.31.